The van der Waals surface area contributed by atoms with Crippen LogP contribution in [-0.2, 0) is 4.79 Å². The number of hydrogen-bond acceptors (Lipinski definition) is 8. The summed E-state index contributed by atoms with van der Waals surface area (Å²) in [6.45, 7) is 0.326. The highest BCUT2D eigenvalue weighted by Gasteiger charge is 2.34. The molecule has 2 aliphatic rings. The summed E-state index contributed by atoms with van der Waals surface area (Å²) in [6.07, 6.45) is 2.98. The van der Waals surface area contributed by atoms with E-state index in [9.17, 15) is 14.4 Å². The quantitative estimate of drug-likeness (QED) is 0.774. The van der Waals surface area contributed by atoms with Crippen LogP contribution in [-0.4, -0.2) is 47.0 Å². The fourth-order valence-corrected chi connectivity index (χ4v) is 3.41. The minimum Gasteiger partial charge on any atom is -0.454 e. The second kappa shape index (κ2) is 7.16. The van der Waals surface area contributed by atoms with Crippen molar-refractivity contribution < 1.29 is 28.4 Å². The topological polar surface area (TPSA) is 111 Å². The van der Waals surface area contributed by atoms with Crippen LogP contribution in [0.2, 0.25) is 0 Å². The molecule has 4 rings (SSSR count). The van der Waals surface area contributed by atoms with Gasteiger partial charge in [-0.05, 0) is 35.5 Å². The Labute approximate surface area is 157 Å². The van der Waals surface area contributed by atoms with Gasteiger partial charge < -0.3 is 19.3 Å². The summed E-state index contributed by atoms with van der Waals surface area (Å²) in [5.41, 5.74) is 0.725. The summed E-state index contributed by atoms with van der Waals surface area (Å²) in [7, 11) is 0. The molecule has 1 fully saturated rings. The standard InChI is InChI=1S/C17H13N3O6S/c21-15(12-3-4-19-26-12)18-5-6-20-16(22)14(27-17(20)23)8-10-1-2-11-13(7-10)25-9-24-11/h1-4,7-8H,5-6,9H2,(H,18,21)/b14-8+. The zero-order valence-electron chi connectivity index (χ0n) is 13.8. The molecular weight excluding hydrogens is 374 g/mol. The highest BCUT2D eigenvalue weighted by atomic mass is 32.2. The van der Waals surface area contributed by atoms with Crippen molar-refractivity contribution in [3.05, 3.63) is 46.7 Å². The van der Waals surface area contributed by atoms with Gasteiger partial charge in [-0.25, -0.2) is 0 Å². The second-order valence-electron chi connectivity index (χ2n) is 5.58. The molecular formula is C17H13N3O6S. The van der Waals surface area contributed by atoms with E-state index < -0.39 is 11.8 Å². The molecule has 1 N–H and O–H groups in total. The van der Waals surface area contributed by atoms with Gasteiger partial charge in [0.25, 0.3) is 17.1 Å². The predicted molar refractivity (Wildman–Crippen MR) is 94.1 cm³/mol. The Balaban J connectivity index is 1.39. The van der Waals surface area contributed by atoms with E-state index in [1.165, 1.54) is 12.3 Å². The number of amides is 3. The predicted octanol–water partition coefficient (Wildman–Crippen LogP) is 1.87. The lowest BCUT2D eigenvalue weighted by atomic mass is 10.2. The monoisotopic (exact) mass is 387 g/mol. The largest absolute Gasteiger partial charge is 0.454 e. The molecule has 0 saturated carbocycles. The first-order chi connectivity index (χ1) is 13.1. The number of carbonyl (C=O) groups is 3. The summed E-state index contributed by atoms with van der Waals surface area (Å²) >= 11 is 0.852. The molecule has 27 heavy (non-hydrogen) atoms. The molecule has 0 aliphatic carbocycles. The zero-order chi connectivity index (χ0) is 18.8. The molecule has 0 unspecified atom stereocenters. The first-order valence-corrected chi connectivity index (χ1v) is 8.77. The summed E-state index contributed by atoms with van der Waals surface area (Å²) < 4.78 is 15.3. The van der Waals surface area contributed by atoms with Gasteiger partial charge in [-0.1, -0.05) is 11.2 Å². The van der Waals surface area contributed by atoms with Gasteiger partial charge in [0.1, 0.15) is 0 Å². The van der Waals surface area contributed by atoms with Gasteiger partial charge in [-0.2, -0.15) is 0 Å². The maximum atomic E-state index is 12.5. The molecule has 2 aromatic rings. The van der Waals surface area contributed by atoms with Gasteiger partial charge in [0, 0.05) is 19.2 Å². The van der Waals surface area contributed by atoms with Crippen LogP contribution in [0.5, 0.6) is 11.5 Å². The Kier molecular flexibility index (Phi) is 4.55. The Morgan fingerprint density at radius 1 is 1.26 bits per heavy atom. The molecule has 1 aromatic heterocycles. The van der Waals surface area contributed by atoms with Crippen molar-refractivity contribution in [3.63, 3.8) is 0 Å². The van der Waals surface area contributed by atoms with Gasteiger partial charge in [0.2, 0.25) is 12.6 Å². The average Bonchev–Trinajstić information content (AvgIpc) is 3.38. The molecule has 1 saturated heterocycles. The van der Waals surface area contributed by atoms with Crippen LogP contribution in [0.1, 0.15) is 16.1 Å². The molecule has 0 radical (unpaired) electrons. The van der Waals surface area contributed by atoms with Crippen LogP contribution in [0.15, 0.2) is 39.9 Å². The smallest absolute Gasteiger partial charge is 0.293 e. The van der Waals surface area contributed by atoms with Crippen LogP contribution < -0.4 is 14.8 Å². The summed E-state index contributed by atoms with van der Waals surface area (Å²) in [4.78, 5) is 37.8. The number of imide groups is 1. The van der Waals surface area contributed by atoms with Crippen LogP contribution in [0.25, 0.3) is 6.08 Å². The molecule has 0 atom stereocenters. The third-order valence-corrected chi connectivity index (χ3v) is 4.76. The highest BCUT2D eigenvalue weighted by molar-refractivity contribution is 8.18. The van der Waals surface area contributed by atoms with Crippen molar-refractivity contribution in [1.29, 1.82) is 0 Å². The second-order valence-corrected chi connectivity index (χ2v) is 6.57. The van der Waals surface area contributed by atoms with Crippen molar-refractivity contribution in [3.8, 4) is 11.5 Å². The molecule has 0 spiro atoms. The van der Waals surface area contributed by atoms with Crippen molar-refractivity contribution >= 4 is 34.9 Å². The number of carbonyl (C=O) groups excluding carboxylic acids is 3. The molecule has 10 heteroatoms. The molecule has 3 amide bonds. The lowest BCUT2D eigenvalue weighted by molar-refractivity contribution is -0.122. The fourth-order valence-electron chi connectivity index (χ4n) is 2.55. The summed E-state index contributed by atoms with van der Waals surface area (Å²) in [5.74, 6) is 0.430. The molecule has 3 heterocycles. The number of thioether (sulfide) groups is 1. The number of ether oxygens (including phenoxy) is 2. The van der Waals surface area contributed by atoms with E-state index in [-0.39, 0.29) is 30.9 Å². The Bertz CT molecular complexity index is 940. The number of benzene rings is 1. The van der Waals surface area contributed by atoms with Crippen LogP contribution in [0.3, 0.4) is 0 Å². The number of hydrogen-bond donors (Lipinski definition) is 1. The maximum Gasteiger partial charge on any atom is 0.293 e. The number of rotatable bonds is 5. The Morgan fingerprint density at radius 3 is 2.93 bits per heavy atom. The van der Waals surface area contributed by atoms with Crippen molar-refractivity contribution in [1.82, 2.24) is 15.4 Å². The summed E-state index contributed by atoms with van der Waals surface area (Å²) in [6, 6.07) is 6.69. The van der Waals surface area contributed by atoms with Crippen molar-refractivity contribution in [2.75, 3.05) is 19.9 Å². The lowest BCUT2D eigenvalue weighted by Gasteiger charge is -2.12. The third kappa shape index (κ3) is 3.51. The van der Waals surface area contributed by atoms with E-state index in [2.05, 4.69) is 10.5 Å². The van der Waals surface area contributed by atoms with Crippen LogP contribution >= 0.6 is 11.8 Å². The Hall–Kier alpha value is -3.27. The number of nitrogens with one attached hydrogen (secondary N) is 1. The maximum absolute atomic E-state index is 12.5. The van der Waals surface area contributed by atoms with Gasteiger partial charge in [0.15, 0.2) is 11.5 Å². The van der Waals surface area contributed by atoms with E-state index >= 15 is 0 Å². The minimum atomic E-state index is -0.463. The van der Waals surface area contributed by atoms with E-state index in [0.29, 0.717) is 16.4 Å². The van der Waals surface area contributed by atoms with Gasteiger partial charge in [0.05, 0.1) is 11.1 Å². The minimum absolute atomic E-state index is 0.0586. The fraction of sp³-hybridized carbons (Fsp3) is 0.176. The van der Waals surface area contributed by atoms with Gasteiger partial charge in [-0.15, -0.1) is 0 Å². The number of fused-ring (bicyclic) bond motifs is 1. The van der Waals surface area contributed by atoms with E-state index in [4.69, 9.17) is 14.0 Å². The first-order valence-electron chi connectivity index (χ1n) is 7.96. The van der Waals surface area contributed by atoms with E-state index in [1.54, 1.807) is 24.3 Å². The molecule has 138 valence electrons. The SMILES string of the molecule is O=C(NCCN1C(=O)S/C(=C/c2ccc3c(c2)OCO3)C1=O)c1ccno1. The first kappa shape index (κ1) is 17.2. The van der Waals surface area contributed by atoms with Crippen LogP contribution in [0, 0.1) is 0 Å². The molecule has 2 aliphatic heterocycles. The molecule has 1 aromatic carbocycles. The van der Waals surface area contributed by atoms with E-state index in [0.717, 1.165) is 22.2 Å². The number of nitrogens with zero attached hydrogens (tertiary/aromatic N) is 2. The number of aromatic nitrogens is 1. The third-order valence-electron chi connectivity index (χ3n) is 3.85. The molecule has 9 nitrogen and oxygen atoms in total. The Morgan fingerprint density at radius 2 is 2.11 bits per heavy atom. The zero-order valence-corrected chi connectivity index (χ0v) is 14.7. The average molecular weight is 387 g/mol. The highest BCUT2D eigenvalue weighted by Crippen LogP contribution is 2.36. The van der Waals surface area contributed by atoms with Gasteiger partial charge in [-0.3, -0.25) is 19.3 Å². The van der Waals surface area contributed by atoms with Crippen molar-refractivity contribution in [2.24, 2.45) is 0 Å². The van der Waals surface area contributed by atoms with Gasteiger partial charge >= 0.3 is 0 Å². The lowest BCUT2D eigenvalue weighted by Crippen LogP contribution is -2.37. The van der Waals surface area contributed by atoms with Crippen molar-refractivity contribution in [2.45, 2.75) is 0 Å². The van der Waals surface area contributed by atoms with E-state index in [1.807, 2.05) is 0 Å². The molecule has 0 bridgehead atoms. The summed E-state index contributed by atoms with van der Waals surface area (Å²) in [5, 5.41) is 5.62. The van der Waals surface area contributed by atoms with Crippen LogP contribution in [0.4, 0.5) is 4.79 Å². The normalized spacial score (nSPS) is 17.0.